The van der Waals surface area contributed by atoms with E-state index in [9.17, 15) is 9.59 Å². The van der Waals surface area contributed by atoms with Crippen LogP contribution in [0, 0.1) is 0 Å². The molecule has 0 aromatic heterocycles. The third-order valence-electron chi connectivity index (χ3n) is 1.31. The molecule has 72 valence electrons. The van der Waals surface area contributed by atoms with Crippen molar-refractivity contribution in [1.82, 2.24) is 0 Å². The number of hydrogen-bond donors (Lipinski definition) is 1. The Labute approximate surface area is 127 Å². The van der Waals surface area contributed by atoms with E-state index in [1.807, 2.05) is 6.92 Å². The molecular formula is C8H15O4Rb. The predicted molar refractivity (Wildman–Crippen MR) is 49.9 cm³/mol. The van der Waals surface area contributed by atoms with E-state index < -0.39 is 18.4 Å². The molecule has 5 heteroatoms. The first-order valence-electron chi connectivity index (χ1n) is 4.04. The molecule has 0 spiro atoms. The normalized spacial score (nSPS) is 8.69. The van der Waals surface area contributed by atoms with Gasteiger partial charge in [0.2, 0.25) is 0 Å². The third kappa shape index (κ3) is 12.7. The quantitative estimate of drug-likeness (QED) is 0.430. The molecule has 0 aromatic rings. The summed E-state index contributed by atoms with van der Waals surface area (Å²) in [4.78, 5) is 20.6. The van der Waals surface area contributed by atoms with Crippen LogP contribution in [0.3, 0.4) is 0 Å². The zero-order chi connectivity index (χ0) is 9.40. The minimum absolute atomic E-state index is 0. The molecule has 0 saturated carbocycles. The van der Waals surface area contributed by atoms with Gasteiger partial charge in [0.05, 0.1) is 6.61 Å². The Hall–Kier alpha value is 0.745. The van der Waals surface area contributed by atoms with Crippen molar-refractivity contribution in [3.8, 4) is 0 Å². The Morgan fingerprint density at radius 3 is 2.38 bits per heavy atom. The molecule has 0 bridgehead atoms. The molecule has 0 saturated heterocycles. The monoisotopic (exact) mass is 260 g/mol. The number of carboxylic acid groups (broad SMARTS) is 1. The molecule has 0 atom stereocenters. The van der Waals surface area contributed by atoms with Gasteiger partial charge in [0.25, 0.3) is 0 Å². The van der Waals surface area contributed by atoms with Gasteiger partial charge in [-0.2, -0.15) is 0 Å². The standard InChI is InChI=1S/C8H14O4.Rb.H/c1-2-3-4-5-12-8(11)6-7(9)10;;/h2-6H2,1H3,(H,9,10);;. The molecule has 13 heavy (non-hydrogen) atoms. The Balaban J connectivity index is 0. The van der Waals surface area contributed by atoms with Gasteiger partial charge in [0, 0.05) is 0 Å². The second-order valence-corrected chi connectivity index (χ2v) is 2.50. The summed E-state index contributed by atoms with van der Waals surface area (Å²) in [6.45, 7) is 2.37. The predicted octanol–water partition coefficient (Wildman–Crippen LogP) is 0.546. The molecule has 4 nitrogen and oxygen atoms in total. The Bertz CT molecular complexity index is 158. The first-order chi connectivity index (χ1) is 5.66. The number of hydrogen-bond acceptors (Lipinski definition) is 3. The van der Waals surface area contributed by atoms with Crippen molar-refractivity contribution in [1.29, 1.82) is 0 Å². The van der Waals surface area contributed by atoms with Crippen LogP contribution in [-0.2, 0) is 14.3 Å². The number of unbranched alkanes of at least 4 members (excludes halogenated alkanes) is 2. The van der Waals surface area contributed by atoms with E-state index >= 15 is 0 Å². The van der Waals surface area contributed by atoms with Gasteiger partial charge in [-0.1, -0.05) is 19.8 Å². The molecule has 0 radical (unpaired) electrons. The fraction of sp³-hybridized carbons (Fsp3) is 0.750. The van der Waals surface area contributed by atoms with Crippen LogP contribution < -0.4 is 0 Å². The van der Waals surface area contributed by atoms with Crippen LogP contribution in [0.5, 0.6) is 0 Å². The van der Waals surface area contributed by atoms with E-state index in [-0.39, 0.29) is 58.2 Å². The summed E-state index contributed by atoms with van der Waals surface area (Å²) in [7, 11) is 0. The summed E-state index contributed by atoms with van der Waals surface area (Å²) in [5.41, 5.74) is 0. The van der Waals surface area contributed by atoms with E-state index in [0.29, 0.717) is 6.61 Å². The van der Waals surface area contributed by atoms with E-state index in [2.05, 4.69) is 4.74 Å². The summed E-state index contributed by atoms with van der Waals surface area (Å²) in [5, 5.41) is 8.19. The van der Waals surface area contributed by atoms with Crippen molar-refractivity contribution < 1.29 is 19.4 Å². The van der Waals surface area contributed by atoms with Crippen LogP contribution in [0.1, 0.15) is 32.6 Å². The zero-order valence-electron chi connectivity index (χ0n) is 7.21. The average Bonchev–Trinajstić information content (AvgIpc) is 1.97. The summed E-state index contributed by atoms with van der Waals surface area (Å²) >= 11 is 0. The third-order valence-corrected chi connectivity index (χ3v) is 1.31. The van der Waals surface area contributed by atoms with Gasteiger partial charge in [-0.3, -0.25) is 9.59 Å². The van der Waals surface area contributed by atoms with Crippen LogP contribution in [0.25, 0.3) is 0 Å². The van der Waals surface area contributed by atoms with Gasteiger partial charge in [-0.15, -0.1) is 0 Å². The summed E-state index contributed by atoms with van der Waals surface area (Å²) in [6, 6.07) is 0. The van der Waals surface area contributed by atoms with Crippen LogP contribution in [0.4, 0.5) is 0 Å². The molecule has 0 rings (SSSR count). The van der Waals surface area contributed by atoms with Gasteiger partial charge in [-0.25, -0.2) is 0 Å². The van der Waals surface area contributed by atoms with Crippen molar-refractivity contribution >= 4 is 70.1 Å². The van der Waals surface area contributed by atoms with Crippen LogP contribution >= 0.6 is 0 Å². The summed E-state index contributed by atoms with van der Waals surface area (Å²) in [6.07, 6.45) is 2.32. The molecule has 0 heterocycles. The maximum absolute atomic E-state index is 10.6. The Morgan fingerprint density at radius 1 is 1.31 bits per heavy atom. The molecule has 0 aliphatic carbocycles. The molecule has 0 fully saturated rings. The molecule has 0 aliphatic heterocycles. The van der Waals surface area contributed by atoms with E-state index in [1.165, 1.54) is 0 Å². The van der Waals surface area contributed by atoms with Gasteiger partial charge < -0.3 is 9.84 Å². The molecule has 0 amide bonds. The number of rotatable bonds is 6. The topological polar surface area (TPSA) is 63.6 Å². The van der Waals surface area contributed by atoms with E-state index in [4.69, 9.17) is 5.11 Å². The number of carbonyl (C=O) groups excluding carboxylic acids is 1. The molecule has 0 aromatic carbocycles. The van der Waals surface area contributed by atoms with Crippen molar-refractivity contribution in [3.05, 3.63) is 0 Å². The number of aliphatic carboxylic acids is 1. The van der Waals surface area contributed by atoms with E-state index in [0.717, 1.165) is 19.3 Å². The molecule has 0 unspecified atom stereocenters. The number of esters is 1. The van der Waals surface area contributed by atoms with Gasteiger partial charge in [0.1, 0.15) is 6.42 Å². The maximum atomic E-state index is 10.6. The summed E-state index contributed by atoms with van der Waals surface area (Å²) in [5.74, 6) is -1.80. The number of carboxylic acids is 1. The molecule has 0 aliphatic rings. The van der Waals surface area contributed by atoms with Crippen molar-refractivity contribution in [2.45, 2.75) is 32.6 Å². The van der Waals surface area contributed by atoms with Crippen molar-refractivity contribution in [2.24, 2.45) is 0 Å². The molecule has 1 N–H and O–H groups in total. The van der Waals surface area contributed by atoms with Crippen LogP contribution in [-0.4, -0.2) is 81.8 Å². The van der Waals surface area contributed by atoms with E-state index in [1.54, 1.807) is 0 Å². The van der Waals surface area contributed by atoms with Crippen molar-refractivity contribution in [2.75, 3.05) is 6.61 Å². The fourth-order valence-electron chi connectivity index (χ4n) is 0.713. The van der Waals surface area contributed by atoms with Gasteiger partial charge in [-0.05, 0) is 6.42 Å². The minimum atomic E-state index is -1.14. The average molecular weight is 261 g/mol. The van der Waals surface area contributed by atoms with Crippen LogP contribution in [0.15, 0.2) is 0 Å². The Morgan fingerprint density at radius 2 is 1.92 bits per heavy atom. The number of ether oxygens (including phenoxy) is 1. The second kappa shape index (κ2) is 10.8. The first kappa shape index (κ1) is 16.2. The second-order valence-electron chi connectivity index (χ2n) is 2.50. The first-order valence-corrected chi connectivity index (χ1v) is 4.04. The zero-order valence-corrected chi connectivity index (χ0v) is 7.21. The van der Waals surface area contributed by atoms with Crippen LogP contribution in [0.2, 0.25) is 0 Å². The van der Waals surface area contributed by atoms with Gasteiger partial charge >= 0.3 is 70.1 Å². The van der Waals surface area contributed by atoms with Crippen molar-refractivity contribution in [3.63, 3.8) is 0 Å². The number of carbonyl (C=O) groups is 2. The SMILES string of the molecule is CCCCCOC(=O)CC(=O)O.[RbH]. The summed E-state index contributed by atoms with van der Waals surface area (Å²) < 4.78 is 4.64. The van der Waals surface area contributed by atoms with Gasteiger partial charge in [0.15, 0.2) is 0 Å². The molecular weight excluding hydrogens is 246 g/mol. The Kier molecular flexibility index (Phi) is 13.5. The fourth-order valence-corrected chi connectivity index (χ4v) is 0.713.